The molecule has 4 nitrogen and oxygen atoms in total. The summed E-state index contributed by atoms with van der Waals surface area (Å²) in [5.74, 6) is -0.318. The highest BCUT2D eigenvalue weighted by Crippen LogP contribution is 2.20. The Morgan fingerprint density at radius 3 is 2.50 bits per heavy atom. The average Bonchev–Trinajstić information content (AvgIpc) is 3.04. The molecule has 0 radical (unpaired) electrons. The van der Waals surface area contributed by atoms with Gasteiger partial charge in [0, 0.05) is 11.8 Å². The van der Waals surface area contributed by atoms with E-state index in [9.17, 15) is 4.39 Å². The maximum Gasteiger partial charge on any atom is 0.148 e. The smallest absolute Gasteiger partial charge is 0.148 e. The summed E-state index contributed by atoms with van der Waals surface area (Å²) in [5.41, 5.74) is 3.57. The van der Waals surface area contributed by atoms with E-state index in [0.717, 1.165) is 16.6 Å². The molecular formula is C17H11FN4. The van der Waals surface area contributed by atoms with Gasteiger partial charge in [-0.3, -0.25) is 4.98 Å². The molecule has 106 valence electrons. The first-order valence-corrected chi connectivity index (χ1v) is 6.83. The van der Waals surface area contributed by atoms with Gasteiger partial charge in [-0.1, -0.05) is 24.3 Å². The lowest BCUT2D eigenvalue weighted by molar-refractivity contribution is 0.611. The van der Waals surface area contributed by atoms with Crippen LogP contribution in [0.15, 0.2) is 67.1 Å². The van der Waals surface area contributed by atoms with Crippen molar-refractivity contribution in [3.05, 3.63) is 72.9 Å². The first-order chi connectivity index (χ1) is 10.8. The predicted octanol–water partition coefficient (Wildman–Crippen LogP) is 3.62. The van der Waals surface area contributed by atoms with Gasteiger partial charge in [0.25, 0.3) is 0 Å². The topological polar surface area (TPSA) is 43.6 Å². The van der Waals surface area contributed by atoms with Crippen molar-refractivity contribution in [2.24, 2.45) is 0 Å². The Kier molecular flexibility index (Phi) is 2.89. The highest BCUT2D eigenvalue weighted by Gasteiger charge is 2.08. The first kappa shape index (κ1) is 12.6. The van der Waals surface area contributed by atoms with E-state index >= 15 is 0 Å². The molecule has 2 aromatic heterocycles. The first-order valence-electron chi connectivity index (χ1n) is 6.83. The molecule has 0 N–H and O–H groups in total. The van der Waals surface area contributed by atoms with Crippen molar-refractivity contribution in [1.29, 1.82) is 0 Å². The number of halogens is 1. The molecule has 0 aliphatic heterocycles. The number of nitrogens with zero attached hydrogens (tertiary/aromatic N) is 4. The molecule has 0 saturated carbocycles. The quantitative estimate of drug-likeness (QED) is 0.566. The number of aromatic nitrogens is 4. The summed E-state index contributed by atoms with van der Waals surface area (Å²) in [7, 11) is 0. The van der Waals surface area contributed by atoms with Crippen molar-refractivity contribution in [1.82, 2.24) is 19.7 Å². The Hall–Kier alpha value is -3.08. The number of hydrogen-bond donors (Lipinski definition) is 0. The summed E-state index contributed by atoms with van der Waals surface area (Å²) in [5, 5.41) is 4.21. The van der Waals surface area contributed by atoms with Crippen LogP contribution in [-0.4, -0.2) is 19.7 Å². The van der Waals surface area contributed by atoms with Gasteiger partial charge in [0.2, 0.25) is 0 Å². The minimum Gasteiger partial charge on any atom is -0.252 e. The predicted molar refractivity (Wildman–Crippen MR) is 82.1 cm³/mol. The second-order valence-corrected chi connectivity index (χ2v) is 4.87. The Bertz CT molecular complexity index is 961. The van der Waals surface area contributed by atoms with Crippen LogP contribution in [-0.2, 0) is 0 Å². The van der Waals surface area contributed by atoms with E-state index in [2.05, 4.69) is 15.1 Å². The maximum absolute atomic E-state index is 13.8. The molecule has 2 aromatic carbocycles. The highest BCUT2D eigenvalue weighted by molar-refractivity contribution is 5.76. The molecule has 0 unspecified atom stereocenters. The lowest BCUT2D eigenvalue weighted by atomic mass is 10.2. The van der Waals surface area contributed by atoms with Crippen molar-refractivity contribution in [3.8, 4) is 16.9 Å². The molecule has 0 bridgehead atoms. The normalized spacial score (nSPS) is 11.0. The number of fused-ring (bicyclic) bond motifs is 1. The van der Waals surface area contributed by atoms with Crippen LogP contribution in [0.1, 0.15) is 0 Å². The molecule has 22 heavy (non-hydrogen) atoms. The Labute approximate surface area is 125 Å². The van der Waals surface area contributed by atoms with Crippen molar-refractivity contribution >= 4 is 11.0 Å². The highest BCUT2D eigenvalue weighted by atomic mass is 19.1. The maximum atomic E-state index is 13.8. The van der Waals surface area contributed by atoms with Crippen LogP contribution >= 0.6 is 0 Å². The number of rotatable bonds is 2. The molecule has 4 rings (SSSR count). The third-order valence-electron chi connectivity index (χ3n) is 3.43. The van der Waals surface area contributed by atoms with E-state index in [4.69, 9.17) is 0 Å². The average molecular weight is 290 g/mol. The molecule has 0 atom stereocenters. The van der Waals surface area contributed by atoms with Crippen molar-refractivity contribution in [2.75, 3.05) is 0 Å². The second kappa shape index (κ2) is 5.04. The fraction of sp³-hybridized carbons (Fsp3) is 0. The van der Waals surface area contributed by atoms with E-state index in [0.29, 0.717) is 11.4 Å². The van der Waals surface area contributed by atoms with Crippen LogP contribution in [0.4, 0.5) is 4.39 Å². The molecular weight excluding hydrogens is 279 g/mol. The van der Waals surface area contributed by atoms with Gasteiger partial charge in [-0.15, -0.1) is 0 Å². The molecule has 4 aromatic rings. The Morgan fingerprint density at radius 2 is 1.64 bits per heavy atom. The molecule has 0 amide bonds. The summed E-state index contributed by atoms with van der Waals surface area (Å²) in [6, 6.07) is 14.2. The zero-order chi connectivity index (χ0) is 14.9. The fourth-order valence-electron chi connectivity index (χ4n) is 2.32. The zero-order valence-electron chi connectivity index (χ0n) is 11.5. The minimum absolute atomic E-state index is 0.318. The number of benzene rings is 2. The van der Waals surface area contributed by atoms with Gasteiger partial charge in [0.1, 0.15) is 11.5 Å². The van der Waals surface area contributed by atoms with Crippen LogP contribution in [0.5, 0.6) is 0 Å². The molecule has 0 spiro atoms. The summed E-state index contributed by atoms with van der Waals surface area (Å²) in [4.78, 5) is 8.95. The third kappa shape index (κ3) is 2.13. The molecule has 2 heterocycles. The van der Waals surface area contributed by atoms with Gasteiger partial charge < -0.3 is 0 Å². The standard InChI is InChI=1S/C17H11FN4/c18-13-5-1-4-8-17(13)22-11-12(9-20-22)16-10-19-14-6-2-3-7-15(14)21-16/h1-11H. The van der Waals surface area contributed by atoms with Crippen molar-refractivity contribution < 1.29 is 4.39 Å². The number of hydrogen-bond acceptors (Lipinski definition) is 3. The van der Waals surface area contributed by atoms with E-state index in [1.807, 2.05) is 24.3 Å². The van der Waals surface area contributed by atoms with Crippen LogP contribution < -0.4 is 0 Å². The zero-order valence-corrected chi connectivity index (χ0v) is 11.5. The van der Waals surface area contributed by atoms with Gasteiger partial charge in [-0.05, 0) is 24.3 Å². The lowest BCUT2D eigenvalue weighted by Gasteiger charge is -2.02. The third-order valence-corrected chi connectivity index (χ3v) is 3.43. The van der Waals surface area contributed by atoms with Gasteiger partial charge >= 0.3 is 0 Å². The molecule has 0 aliphatic carbocycles. The fourth-order valence-corrected chi connectivity index (χ4v) is 2.32. The summed E-state index contributed by atoms with van der Waals surface area (Å²) in [6.45, 7) is 0. The lowest BCUT2D eigenvalue weighted by Crippen LogP contribution is -1.97. The molecule has 5 heteroatoms. The largest absolute Gasteiger partial charge is 0.252 e. The van der Waals surface area contributed by atoms with Crippen LogP contribution in [0, 0.1) is 5.82 Å². The summed E-state index contributed by atoms with van der Waals surface area (Å²) in [6.07, 6.45) is 5.10. The molecule has 0 saturated heterocycles. The monoisotopic (exact) mass is 290 g/mol. The Morgan fingerprint density at radius 1 is 0.864 bits per heavy atom. The van der Waals surface area contributed by atoms with Crippen LogP contribution in [0.3, 0.4) is 0 Å². The second-order valence-electron chi connectivity index (χ2n) is 4.87. The van der Waals surface area contributed by atoms with Gasteiger partial charge in [-0.2, -0.15) is 5.10 Å². The van der Waals surface area contributed by atoms with Crippen LogP contribution in [0.2, 0.25) is 0 Å². The van der Waals surface area contributed by atoms with Crippen LogP contribution in [0.25, 0.3) is 28.0 Å². The SMILES string of the molecule is Fc1ccccc1-n1cc(-c2cnc3ccccc3n2)cn1. The van der Waals surface area contributed by atoms with Gasteiger partial charge in [0.05, 0.1) is 29.1 Å². The van der Waals surface area contributed by atoms with E-state index in [1.165, 1.54) is 10.7 Å². The van der Waals surface area contributed by atoms with Gasteiger partial charge in [0.15, 0.2) is 0 Å². The number of para-hydroxylation sites is 3. The van der Waals surface area contributed by atoms with Crippen molar-refractivity contribution in [3.63, 3.8) is 0 Å². The molecule has 0 aliphatic rings. The summed E-state index contributed by atoms with van der Waals surface area (Å²) < 4.78 is 15.3. The van der Waals surface area contributed by atoms with Gasteiger partial charge in [-0.25, -0.2) is 14.1 Å². The van der Waals surface area contributed by atoms with Crippen molar-refractivity contribution in [2.45, 2.75) is 0 Å². The molecule has 0 fully saturated rings. The van der Waals surface area contributed by atoms with E-state index < -0.39 is 0 Å². The Balaban J connectivity index is 1.78. The summed E-state index contributed by atoms with van der Waals surface area (Å²) >= 11 is 0. The van der Waals surface area contributed by atoms with E-state index in [1.54, 1.807) is 36.8 Å². The van der Waals surface area contributed by atoms with E-state index in [-0.39, 0.29) is 5.82 Å². The minimum atomic E-state index is -0.318.